The molecule has 0 spiro atoms. The van der Waals surface area contributed by atoms with E-state index in [9.17, 15) is 28.6 Å². The Morgan fingerprint density at radius 1 is 0.939 bits per heavy atom. The number of nitro groups is 2. The van der Waals surface area contributed by atoms with Crippen LogP contribution in [0, 0.1) is 20.2 Å². The zero-order valence-electron chi connectivity index (χ0n) is 16.2. The van der Waals surface area contributed by atoms with Crippen LogP contribution >= 0.6 is 31.9 Å². The molecule has 0 radical (unpaired) electrons. The third-order valence-corrected chi connectivity index (χ3v) is 6.45. The number of rotatable bonds is 8. The lowest BCUT2D eigenvalue weighted by atomic mass is 10.2. The number of benzene rings is 3. The van der Waals surface area contributed by atoms with Gasteiger partial charge in [0.05, 0.1) is 31.1 Å². The second kappa shape index (κ2) is 10.1. The lowest BCUT2D eigenvalue weighted by Gasteiger charge is -2.11. The third kappa shape index (κ3) is 5.91. The number of nitrogens with one attached hydrogen (secondary N) is 1. The summed E-state index contributed by atoms with van der Waals surface area (Å²) in [5.74, 6) is 0.0231. The van der Waals surface area contributed by atoms with Crippen molar-refractivity contribution in [2.24, 2.45) is 5.10 Å². The third-order valence-electron chi connectivity index (χ3n) is 4.03. The zero-order valence-corrected chi connectivity index (χ0v) is 20.2. The molecule has 0 heterocycles. The molecule has 3 aromatic carbocycles. The molecule has 0 unspecified atom stereocenters. The fourth-order valence-electron chi connectivity index (χ4n) is 2.53. The van der Waals surface area contributed by atoms with E-state index in [1.165, 1.54) is 36.5 Å². The van der Waals surface area contributed by atoms with Crippen molar-refractivity contribution in [2.45, 2.75) is 4.90 Å². The number of hydrazone groups is 1. The Balaban J connectivity index is 1.81. The molecule has 0 fully saturated rings. The minimum atomic E-state index is -4.06. The van der Waals surface area contributed by atoms with Gasteiger partial charge in [-0.3, -0.25) is 25.7 Å². The fourth-order valence-corrected chi connectivity index (χ4v) is 5.12. The van der Waals surface area contributed by atoms with Crippen LogP contribution in [0.3, 0.4) is 0 Å². The fraction of sp³-hybridized carbons (Fsp3) is 0. The minimum Gasteiger partial charge on any atom is -0.377 e. The van der Waals surface area contributed by atoms with E-state index in [-0.39, 0.29) is 16.3 Å². The number of nitro benzene ring substituents is 2. The summed E-state index contributed by atoms with van der Waals surface area (Å²) in [6, 6.07) is 13.8. The van der Waals surface area contributed by atoms with Crippen molar-refractivity contribution < 1.29 is 22.4 Å². The molecule has 0 aromatic heterocycles. The summed E-state index contributed by atoms with van der Waals surface area (Å²) < 4.78 is 30.8. The summed E-state index contributed by atoms with van der Waals surface area (Å²) in [6.07, 6.45) is 1.32. The Kier molecular flexibility index (Phi) is 7.40. The van der Waals surface area contributed by atoms with Gasteiger partial charge in [0.2, 0.25) is 0 Å². The molecule has 0 bridgehead atoms. The predicted molar refractivity (Wildman–Crippen MR) is 127 cm³/mol. The van der Waals surface area contributed by atoms with Crippen LogP contribution in [0.2, 0.25) is 0 Å². The quantitative estimate of drug-likeness (QED) is 0.159. The number of non-ortho nitro benzene ring substituents is 1. The minimum absolute atomic E-state index is 0.0108. The highest BCUT2D eigenvalue weighted by atomic mass is 79.9. The van der Waals surface area contributed by atoms with Crippen molar-refractivity contribution in [3.05, 3.63) is 95.4 Å². The summed E-state index contributed by atoms with van der Waals surface area (Å²) in [5, 5.41) is 25.9. The maximum atomic E-state index is 12.5. The van der Waals surface area contributed by atoms with Crippen LogP contribution in [0.5, 0.6) is 5.75 Å². The zero-order chi connectivity index (χ0) is 24.2. The molecule has 3 rings (SSSR count). The standard InChI is InChI=1S/C19H12Br2N4O7S/c20-15-8-12(9-16(21)19(15)32-33(30,31)14-4-2-1-3-5-14)11-22-23-17-7-6-13(24(26)27)10-18(17)25(28)29/h1-11,23H/b22-11-. The number of anilines is 1. The molecular weight excluding hydrogens is 588 g/mol. The van der Waals surface area contributed by atoms with Crippen molar-refractivity contribution >= 4 is 65.3 Å². The van der Waals surface area contributed by atoms with Crippen LogP contribution in [0.25, 0.3) is 0 Å². The Bertz CT molecular complexity index is 1340. The Morgan fingerprint density at radius 2 is 1.58 bits per heavy atom. The molecule has 0 amide bonds. The summed E-state index contributed by atoms with van der Waals surface area (Å²) in [5.41, 5.74) is 1.96. The van der Waals surface area contributed by atoms with Gasteiger partial charge in [0.1, 0.15) is 10.6 Å². The summed E-state index contributed by atoms with van der Waals surface area (Å²) in [4.78, 5) is 20.5. The normalized spacial score (nSPS) is 11.3. The van der Waals surface area contributed by atoms with Gasteiger partial charge >= 0.3 is 15.8 Å². The van der Waals surface area contributed by atoms with Gasteiger partial charge in [-0.1, -0.05) is 18.2 Å². The maximum Gasteiger partial charge on any atom is 0.339 e. The molecular formula is C19H12Br2N4O7S. The van der Waals surface area contributed by atoms with Crippen LogP contribution in [0.15, 0.2) is 79.6 Å². The first kappa shape index (κ1) is 24.3. The van der Waals surface area contributed by atoms with Crippen LogP contribution in [-0.2, 0) is 10.1 Å². The SMILES string of the molecule is O=[N+]([O-])c1ccc(N/N=C\c2cc(Br)c(OS(=O)(=O)c3ccccc3)c(Br)c2)c([N+](=O)[O-])c1. The average molecular weight is 600 g/mol. The number of nitrogens with zero attached hydrogens (tertiary/aromatic N) is 3. The summed E-state index contributed by atoms with van der Waals surface area (Å²) in [7, 11) is -4.06. The largest absolute Gasteiger partial charge is 0.377 e. The van der Waals surface area contributed by atoms with Gasteiger partial charge in [0, 0.05) is 6.07 Å². The average Bonchev–Trinajstić information content (AvgIpc) is 2.77. The number of halogens is 2. The summed E-state index contributed by atoms with van der Waals surface area (Å²) in [6.45, 7) is 0. The smallest absolute Gasteiger partial charge is 0.339 e. The van der Waals surface area contributed by atoms with Crippen LogP contribution in [-0.4, -0.2) is 24.5 Å². The molecule has 14 heteroatoms. The number of hydrogen-bond donors (Lipinski definition) is 1. The molecule has 1 N–H and O–H groups in total. The molecule has 0 aliphatic heterocycles. The van der Waals surface area contributed by atoms with E-state index in [0.717, 1.165) is 12.1 Å². The highest BCUT2D eigenvalue weighted by Gasteiger charge is 2.21. The molecule has 3 aromatic rings. The molecule has 170 valence electrons. The van der Waals surface area contributed by atoms with Crippen LogP contribution in [0.1, 0.15) is 5.56 Å². The van der Waals surface area contributed by atoms with E-state index in [1.54, 1.807) is 18.2 Å². The Hall–Kier alpha value is -3.36. The van der Waals surface area contributed by atoms with Gasteiger partial charge in [-0.2, -0.15) is 13.5 Å². The molecule has 0 atom stereocenters. The maximum absolute atomic E-state index is 12.5. The predicted octanol–water partition coefficient (Wildman–Crippen LogP) is 5.24. The topological polar surface area (TPSA) is 154 Å². The van der Waals surface area contributed by atoms with E-state index < -0.39 is 31.3 Å². The van der Waals surface area contributed by atoms with Gasteiger partial charge in [0.15, 0.2) is 5.75 Å². The first-order valence-electron chi connectivity index (χ1n) is 8.79. The van der Waals surface area contributed by atoms with E-state index in [4.69, 9.17) is 4.18 Å². The van der Waals surface area contributed by atoms with Gasteiger partial charge in [-0.25, -0.2) is 0 Å². The highest BCUT2D eigenvalue weighted by molar-refractivity contribution is 9.11. The molecule has 0 aliphatic rings. The molecule has 0 saturated carbocycles. The highest BCUT2D eigenvalue weighted by Crippen LogP contribution is 2.36. The second-order valence-electron chi connectivity index (χ2n) is 6.25. The van der Waals surface area contributed by atoms with Crippen molar-refractivity contribution in [2.75, 3.05) is 5.43 Å². The van der Waals surface area contributed by atoms with Gasteiger partial charge in [0.25, 0.3) is 5.69 Å². The van der Waals surface area contributed by atoms with E-state index >= 15 is 0 Å². The summed E-state index contributed by atoms with van der Waals surface area (Å²) >= 11 is 6.52. The second-order valence-corrected chi connectivity index (χ2v) is 9.50. The van der Waals surface area contributed by atoms with Gasteiger partial charge in [-0.15, -0.1) is 0 Å². The monoisotopic (exact) mass is 598 g/mol. The number of hydrogen-bond acceptors (Lipinski definition) is 9. The lowest BCUT2D eigenvalue weighted by Crippen LogP contribution is -2.10. The first-order valence-corrected chi connectivity index (χ1v) is 11.8. The Labute approximate surface area is 203 Å². The van der Waals surface area contributed by atoms with Gasteiger partial charge in [-0.05, 0) is 67.8 Å². The van der Waals surface area contributed by atoms with E-state index in [2.05, 4.69) is 42.4 Å². The van der Waals surface area contributed by atoms with Crippen molar-refractivity contribution in [3.63, 3.8) is 0 Å². The molecule has 0 aliphatic carbocycles. The first-order chi connectivity index (χ1) is 15.6. The Morgan fingerprint density at radius 3 is 2.15 bits per heavy atom. The lowest BCUT2D eigenvalue weighted by molar-refractivity contribution is -0.393. The van der Waals surface area contributed by atoms with Gasteiger partial charge < -0.3 is 4.18 Å². The van der Waals surface area contributed by atoms with Crippen LogP contribution < -0.4 is 9.61 Å². The van der Waals surface area contributed by atoms with E-state index in [0.29, 0.717) is 14.5 Å². The van der Waals surface area contributed by atoms with Crippen molar-refractivity contribution in [3.8, 4) is 5.75 Å². The molecule has 33 heavy (non-hydrogen) atoms. The molecule has 11 nitrogen and oxygen atoms in total. The van der Waals surface area contributed by atoms with Crippen molar-refractivity contribution in [1.29, 1.82) is 0 Å². The molecule has 0 saturated heterocycles. The van der Waals surface area contributed by atoms with E-state index in [1.807, 2.05) is 0 Å². The van der Waals surface area contributed by atoms with Crippen molar-refractivity contribution in [1.82, 2.24) is 0 Å². The van der Waals surface area contributed by atoms with Crippen LogP contribution in [0.4, 0.5) is 17.1 Å².